The molecule has 1 rings (SSSR count). The Bertz CT molecular complexity index is 255. The lowest BCUT2D eigenvalue weighted by atomic mass is 10.2. The molecular weight excluding hydrogens is 164 g/mol. The molecule has 2 unspecified atom stereocenters. The summed E-state index contributed by atoms with van der Waals surface area (Å²) in [5.41, 5.74) is 0.892. The largest absolute Gasteiger partial charge is 0.389 e. The minimum atomic E-state index is -0.414. The van der Waals surface area contributed by atoms with Gasteiger partial charge < -0.3 is 5.11 Å². The molecule has 1 heterocycles. The van der Waals surface area contributed by atoms with E-state index < -0.39 is 6.10 Å². The first-order valence-electron chi connectivity index (χ1n) is 4.87. The van der Waals surface area contributed by atoms with E-state index in [1.807, 2.05) is 10.9 Å². The van der Waals surface area contributed by atoms with Crippen molar-refractivity contribution in [3.05, 3.63) is 18.0 Å². The number of hydrogen-bond acceptors (Lipinski definition) is 2. The summed E-state index contributed by atoms with van der Waals surface area (Å²) < 4.78 is 1.92. The lowest BCUT2D eigenvalue weighted by molar-refractivity contribution is 0.199. The first kappa shape index (κ1) is 10.3. The highest BCUT2D eigenvalue weighted by Crippen LogP contribution is 2.16. The van der Waals surface area contributed by atoms with E-state index >= 15 is 0 Å². The molecule has 1 aromatic rings. The SMILES string of the molecule is CCCC(C)n1cc(C(C)O)cn1. The van der Waals surface area contributed by atoms with Crippen molar-refractivity contribution in [1.82, 2.24) is 9.78 Å². The van der Waals surface area contributed by atoms with Crippen LogP contribution < -0.4 is 0 Å². The van der Waals surface area contributed by atoms with Crippen molar-refractivity contribution in [2.24, 2.45) is 0 Å². The van der Waals surface area contributed by atoms with Crippen molar-refractivity contribution in [2.75, 3.05) is 0 Å². The monoisotopic (exact) mass is 182 g/mol. The van der Waals surface area contributed by atoms with Crippen molar-refractivity contribution in [1.29, 1.82) is 0 Å². The van der Waals surface area contributed by atoms with Gasteiger partial charge in [0.2, 0.25) is 0 Å². The Morgan fingerprint density at radius 2 is 2.23 bits per heavy atom. The summed E-state index contributed by atoms with van der Waals surface area (Å²) in [6.07, 6.45) is 5.52. The minimum Gasteiger partial charge on any atom is -0.389 e. The average Bonchev–Trinajstić information content (AvgIpc) is 2.52. The summed E-state index contributed by atoms with van der Waals surface area (Å²) in [5, 5.41) is 13.5. The summed E-state index contributed by atoms with van der Waals surface area (Å²) >= 11 is 0. The van der Waals surface area contributed by atoms with Crippen molar-refractivity contribution in [3.8, 4) is 0 Å². The van der Waals surface area contributed by atoms with Gasteiger partial charge in [0.1, 0.15) is 0 Å². The molecule has 0 bridgehead atoms. The van der Waals surface area contributed by atoms with Crippen LogP contribution in [0.3, 0.4) is 0 Å². The molecule has 0 spiro atoms. The fourth-order valence-corrected chi connectivity index (χ4v) is 1.36. The Morgan fingerprint density at radius 1 is 1.54 bits per heavy atom. The molecule has 0 aliphatic rings. The van der Waals surface area contributed by atoms with E-state index in [2.05, 4.69) is 18.9 Å². The van der Waals surface area contributed by atoms with Crippen LogP contribution in [0.4, 0.5) is 0 Å². The quantitative estimate of drug-likeness (QED) is 0.775. The van der Waals surface area contributed by atoms with Crippen LogP contribution in [0.25, 0.3) is 0 Å². The number of aliphatic hydroxyl groups excluding tert-OH is 1. The summed E-state index contributed by atoms with van der Waals surface area (Å²) in [4.78, 5) is 0. The Kier molecular flexibility index (Phi) is 3.48. The number of hydrogen-bond donors (Lipinski definition) is 1. The van der Waals surface area contributed by atoms with E-state index in [9.17, 15) is 5.11 Å². The zero-order valence-corrected chi connectivity index (χ0v) is 8.57. The summed E-state index contributed by atoms with van der Waals surface area (Å²) in [6, 6.07) is 0.428. The highest BCUT2D eigenvalue weighted by atomic mass is 16.3. The number of aliphatic hydroxyl groups is 1. The second kappa shape index (κ2) is 4.42. The Morgan fingerprint density at radius 3 is 2.69 bits per heavy atom. The van der Waals surface area contributed by atoms with Crippen LogP contribution in [0.2, 0.25) is 0 Å². The third-order valence-electron chi connectivity index (χ3n) is 2.26. The topological polar surface area (TPSA) is 38.0 Å². The molecule has 1 aromatic heterocycles. The van der Waals surface area contributed by atoms with E-state index in [4.69, 9.17) is 0 Å². The van der Waals surface area contributed by atoms with Crippen molar-refractivity contribution in [2.45, 2.75) is 45.8 Å². The fourth-order valence-electron chi connectivity index (χ4n) is 1.36. The molecule has 3 nitrogen and oxygen atoms in total. The molecule has 0 saturated heterocycles. The molecular formula is C10H18N2O. The molecule has 1 N–H and O–H groups in total. The van der Waals surface area contributed by atoms with Gasteiger partial charge in [-0.2, -0.15) is 5.10 Å². The third kappa shape index (κ3) is 2.56. The highest BCUT2D eigenvalue weighted by molar-refractivity contribution is 5.06. The third-order valence-corrected chi connectivity index (χ3v) is 2.26. The Hall–Kier alpha value is -0.830. The molecule has 0 amide bonds. The maximum atomic E-state index is 9.30. The van der Waals surface area contributed by atoms with Crippen LogP contribution in [0, 0.1) is 0 Å². The van der Waals surface area contributed by atoms with Gasteiger partial charge in [-0.15, -0.1) is 0 Å². The van der Waals surface area contributed by atoms with Crippen LogP contribution in [-0.2, 0) is 0 Å². The predicted octanol–water partition coefficient (Wildman–Crippen LogP) is 2.30. The van der Waals surface area contributed by atoms with E-state index in [1.165, 1.54) is 0 Å². The highest BCUT2D eigenvalue weighted by Gasteiger charge is 2.07. The van der Waals surface area contributed by atoms with Crippen LogP contribution in [0.1, 0.15) is 51.3 Å². The average molecular weight is 182 g/mol. The van der Waals surface area contributed by atoms with Gasteiger partial charge in [0.25, 0.3) is 0 Å². The Labute approximate surface area is 79.4 Å². The minimum absolute atomic E-state index is 0.414. The molecule has 0 aliphatic carbocycles. The van der Waals surface area contributed by atoms with Crippen LogP contribution in [0.15, 0.2) is 12.4 Å². The summed E-state index contributed by atoms with van der Waals surface area (Å²) in [7, 11) is 0. The van der Waals surface area contributed by atoms with E-state index in [-0.39, 0.29) is 0 Å². The molecule has 0 fully saturated rings. The van der Waals surface area contributed by atoms with Crippen LogP contribution in [-0.4, -0.2) is 14.9 Å². The molecule has 0 aliphatic heterocycles. The van der Waals surface area contributed by atoms with E-state index in [1.54, 1.807) is 13.1 Å². The maximum absolute atomic E-state index is 9.30. The van der Waals surface area contributed by atoms with Crippen molar-refractivity contribution >= 4 is 0 Å². The van der Waals surface area contributed by atoms with Gasteiger partial charge in [0.15, 0.2) is 0 Å². The number of aromatic nitrogens is 2. The predicted molar refractivity (Wildman–Crippen MR) is 52.5 cm³/mol. The van der Waals surface area contributed by atoms with Crippen LogP contribution in [0.5, 0.6) is 0 Å². The zero-order valence-electron chi connectivity index (χ0n) is 8.57. The smallest absolute Gasteiger partial charge is 0.0792 e. The van der Waals surface area contributed by atoms with Crippen molar-refractivity contribution < 1.29 is 5.11 Å². The lowest BCUT2D eigenvalue weighted by Crippen LogP contribution is -2.04. The van der Waals surface area contributed by atoms with Gasteiger partial charge in [-0.05, 0) is 20.3 Å². The molecule has 2 atom stereocenters. The van der Waals surface area contributed by atoms with Gasteiger partial charge >= 0.3 is 0 Å². The number of nitrogens with zero attached hydrogens (tertiary/aromatic N) is 2. The molecule has 0 saturated carbocycles. The number of rotatable bonds is 4. The Balaban J connectivity index is 2.67. The second-order valence-corrected chi connectivity index (χ2v) is 3.57. The first-order valence-corrected chi connectivity index (χ1v) is 4.87. The second-order valence-electron chi connectivity index (χ2n) is 3.57. The van der Waals surface area contributed by atoms with Gasteiger partial charge in [0, 0.05) is 17.8 Å². The summed E-state index contributed by atoms with van der Waals surface area (Å²) in [5.74, 6) is 0. The van der Waals surface area contributed by atoms with Crippen molar-refractivity contribution in [3.63, 3.8) is 0 Å². The molecule has 0 aromatic carbocycles. The van der Waals surface area contributed by atoms with E-state index in [0.717, 1.165) is 18.4 Å². The molecule has 0 radical (unpaired) electrons. The molecule has 74 valence electrons. The fraction of sp³-hybridized carbons (Fsp3) is 0.700. The van der Waals surface area contributed by atoms with Gasteiger partial charge in [-0.25, -0.2) is 0 Å². The summed E-state index contributed by atoms with van der Waals surface area (Å²) in [6.45, 7) is 6.06. The van der Waals surface area contributed by atoms with Crippen LogP contribution >= 0.6 is 0 Å². The van der Waals surface area contributed by atoms with E-state index in [0.29, 0.717) is 6.04 Å². The molecule has 3 heteroatoms. The van der Waals surface area contributed by atoms with Gasteiger partial charge in [-0.1, -0.05) is 13.3 Å². The maximum Gasteiger partial charge on any atom is 0.0792 e. The molecule has 13 heavy (non-hydrogen) atoms. The standard InChI is InChI=1S/C10H18N2O/c1-4-5-8(2)12-7-10(6-11-12)9(3)13/h6-9,13H,4-5H2,1-3H3. The normalized spacial score (nSPS) is 15.7. The first-order chi connectivity index (χ1) is 6.15. The lowest BCUT2D eigenvalue weighted by Gasteiger charge is -2.09. The van der Waals surface area contributed by atoms with Gasteiger partial charge in [0.05, 0.1) is 12.3 Å². The van der Waals surface area contributed by atoms with Gasteiger partial charge in [-0.3, -0.25) is 4.68 Å². The zero-order chi connectivity index (χ0) is 9.84.